The Bertz CT molecular complexity index is 325. The predicted molar refractivity (Wildman–Crippen MR) is 65.3 cm³/mol. The van der Waals surface area contributed by atoms with Crippen LogP contribution in [0.2, 0.25) is 0 Å². The predicted octanol–water partition coefficient (Wildman–Crippen LogP) is 3.18. The molecule has 2 atom stereocenters. The summed E-state index contributed by atoms with van der Waals surface area (Å²) in [7, 11) is 0. The monoisotopic (exact) mass is 225 g/mol. The summed E-state index contributed by atoms with van der Waals surface area (Å²) < 4.78 is 11.6. The van der Waals surface area contributed by atoms with Gasteiger partial charge in [-0.05, 0) is 46.2 Å². The van der Waals surface area contributed by atoms with E-state index in [0.717, 1.165) is 17.9 Å². The van der Waals surface area contributed by atoms with Gasteiger partial charge in [0.15, 0.2) is 0 Å². The van der Waals surface area contributed by atoms with Gasteiger partial charge in [-0.15, -0.1) is 0 Å². The third-order valence-electron chi connectivity index (χ3n) is 2.38. The lowest BCUT2D eigenvalue weighted by molar-refractivity contribution is -0.0815. The fourth-order valence-electron chi connectivity index (χ4n) is 1.56. The van der Waals surface area contributed by atoms with Crippen molar-refractivity contribution in [3.05, 3.63) is 23.7 Å². The Hall–Kier alpha value is -0.800. The summed E-state index contributed by atoms with van der Waals surface area (Å²) in [6.45, 7) is 10.1. The van der Waals surface area contributed by atoms with Crippen molar-refractivity contribution < 1.29 is 9.15 Å². The van der Waals surface area contributed by atoms with E-state index in [1.807, 2.05) is 39.8 Å². The van der Waals surface area contributed by atoms with Crippen LogP contribution in [-0.2, 0) is 4.74 Å². The van der Waals surface area contributed by atoms with E-state index in [1.54, 1.807) is 0 Å². The van der Waals surface area contributed by atoms with Crippen molar-refractivity contribution >= 4 is 0 Å². The molecule has 2 unspecified atom stereocenters. The topological polar surface area (TPSA) is 48.4 Å². The van der Waals surface area contributed by atoms with Crippen molar-refractivity contribution in [3.63, 3.8) is 0 Å². The van der Waals surface area contributed by atoms with Crippen LogP contribution in [-0.4, -0.2) is 11.6 Å². The number of nitrogens with two attached hydrogens (primary N) is 1. The van der Waals surface area contributed by atoms with Gasteiger partial charge in [0.1, 0.15) is 17.6 Å². The molecule has 1 aromatic heterocycles. The zero-order valence-electron chi connectivity index (χ0n) is 10.9. The van der Waals surface area contributed by atoms with E-state index in [4.69, 9.17) is 14.9 Å². The first-order chi connectivity index (χ1) is 7.33. The van der Waals surface area contributed by atoms with Crippen molar-refractivity contribution in [1.82, 2.24) is 0 Å². The average Bonchev–Trinajstić information content (AvgIpc) is 2.58. The summed E-state index contributed by atoms with van der Waals surface area (Å²) in [5.74, 6) is 1.71. The summed E-state index contributed by atoms with van der Waals surface area (Å²) in [6.07, 6.45) is 0.694. The van der Waals surface area contributed by atoms with Crippen molar-refractivity contribution in [2.24, 2.45) is 5.73 Å². The number of aryl methyl sites for hydroxylation is 1. The molecule has 0 radical (unpaired) electrons. The molecular weight excluding hydrogens is 202 g/mol. The molecule has 0 amide bonds. The maximum absolute atomic E-state index is 6.08. The second-order valence-electron chi connectivity index (χ2n) is 5.17. The summed E-state index contributed by atoms with van der Waals surface area (Å²) in [6, 6.07) is 3.85. The van der Waals surface area contributed by atoms with Gasteiger partial charge in [-0.1, -0.05) is 6.92 Å². The van der Waals surface area contributed by atoms with E-state index < -0.39 is 0 Å². The van der Waals surface area contributed by atoms with Gasteiger partial charge in [0, 0.05) is 6.04 Å². The van der Waals surface area contributed by atoms with Crippen LogP contribution in [0.1, 0.15) is 51.7 Å². The average molecular weight is 225 g/mol. The maximum Gasteiger partial charge on any atom is 0.134 e. The SMILES string of the molecule is CCC(N)C(OC(C)(C)C)c1ccc(C)o1. The number of ether oxygens (including phenoxy) is 1. The van der Waals surface area contributed by atoms with Crippen molar-refractivity contribution in [2.75, 3.05) is 0 Å². The molecule has 0 spiro atoms. The standard InChI is InChI=1S/C13H23NO2/c1-6-10(14)12(16-13(3,4)5)11-8-7-9(2)15-11/h7-8,10,12H,6,14H2,1-5H3. The lowest BCUT2D eigenvalue weighted by Gasteiger charge is -2.29. The van der Waals surface area contributed by atoms with Crippen LogP contribution < -0.4 is 5.73 Å². The van der Waals surface area contributed by atoms with Gasteiger partial charge in [0.05, 0.1) is 5.60 Å². The Balaban J connectivity index is 2.87. The molecule has 0 aliphatic carbocycles. The Kier molecular flexibility index (Phi) is 4.16. The lowest BCUT2D eigenvalue weighted by atomic mass is 10.1. The first-order valence-corrected chi connectivity index (χ1v) is 5.83. The Morgan fingerprint density at radius 2 is 2.00 bits per heavy atom. The van der Waals surface area contributed by atoms with Crippen LogP contribution in [0, 0.1) is 6.92 Å². The van der Waals surface area contributed by atoms with E-state index >= 15 is 0 Å². The summed E-state index contributed by atoms with van der Waals surface area (Å²) in [5, 5.41) is 0. The lowest BCUT2D eigenvalue weighted by Crippen LogP contribution is -2.34. The first kappa shape index (κ1) is 13.3. The molecule has 16 heavy (non-hydrogen) atoms. The fourth-order valence-corrected chi connectivity index (χ4v) is 1.56. The molecule has 3 heteroatoms. The highest BCUT2D eigenvalue weighted by molar-refractivity contribution is 5.10. The van der Waals surface area contributed by atoms with Gasteiger partial charge >= 0.3 is 0 Å². The van der Waals surface area contributed by atoms with Crippen LogP contribution in [0.4, 0.5) is 0 Å². The maximum atomic E-state index is 6.08. The molecule has 0 aromatic carbocycles. The summed E-state index contributed by atoms with van der Waals surface area (Å²) >= 11 is 0. The van der Waals surface area contributed by atoms with Crippen LogP contribution in [0.25, 0.3) is 0 Å². The van der Waals surface area contributed by atoms with Gasteiger partial charge in [-0.25, -0.2) is 0 Å². The second-order valence-corrected chi connectivity index (χ2v) is 5.17. The fraction of sp³-hybridized carbons (Fsp3) is 0.692. The van der Waals surface area contributed by atoms with Gasteiger partial charge in [-0.3, -0.25) is 0 Å². The molecule has 92 valence electrons. The molecule has 0 fully saturated rings. The molecule has 0 saturated carbocycles. The van der Waals surface area contributed by atoms with E-state index in [9.17, 15) is 0 Å². The zero-order chi connectivity index (χ0) is 12.3. The Morgan fingerprint density at radius 1 is 1.38 bits per heavy atom. The van der Waals surface area contributed by atoms with E-state index in [-0.39, 0.29) is 17.7 Å². The quantitative estimate of drug-likeness (QED) is 0.856. The van der Waals surface area contributed by atoms with Crippen LogP contribution in [0.3, 0.4) is 0 Å². The van der Waals surface area contributed by atoms with E-state index in [2.05, 4.69) is 6.92 Å². The molecule has 1 aromatic rings. The highest BCUT2D eigenvalue weighted by atomic mass is 16.5. The number of furan rings is 1. The normalized spacial score (nSPS) is 16.1. The van der Waals surface area contributed by atoms with Crippen LogP contribution in [0.5, 0.6) is 0 Å². The number of hydrogen-bond acceptors (Lipinski definition) is 3. The third-order valence-corrected chi connectivity index (χ3v) is 2.38. The van der Waals surface area contributed by atoms with Gasteiger partial charge in [0.2, 0.25) is 0 Å². The molecule has 2 N–H and O–H groups in total. The smallest absolute Gasteiger partial charge is 0.134 e. The number of rotatable bonds is 4. The van der Waals surface area contributed by atoms with Crippen molar-refractivity contribution in [3.8, 4) is 0 Å². The van der Waals surface area contributed by atoms with Crippen molar-refractivity contribution in [1.29, 1.82) is 0 Å². The van der Waals surface area contributed by atoms with Gasteiger partial charge in [-0.2, -0.15) is 0 Å². The number of hydrogen-bond donors (Lipinski definition) is 1. The van der Waals surface area contributed by atoms with Gasteiger partial charge in [0.25, 0.3) is 0 Å². The minimum Gasteiger partial charge on any atom is -0.464 e. The van der Waals surface area contributed by atoms with Crippen LogP contribution in [0.15, 0.2) is 16.5 Å². The third kappa shape index (κ3) is 3.65. The van der Waals surface area contributed by atoms with Gasteiger partial charge < -0.3 is 14.9 Å². The highest BCUT2D eigenvalue weighted by Gasteiger charge is 2.27. The second kappa shape index (κ2) is 5.02. The summed E-state index contributed by atoms with van der Waals surface area (Å²) in [5.41, 5.74) is 5.86. The molecule has 1 rings (SSSR count). The highest BCUT2D eigenvalue weighted by Crippen LogP contribution is 2.28. The Labute approximate surface area is 98.0 Å². The molecular formula is C13H23NO2. The molecule has 0 bridgehead atoms. The van der Waals surface area contributed by atoms with E-state index in [1.165, 1.54) is 0 Å². The molecule has 3 nitrogen and oxygen atoms in total. The van der Waals surface area contributed by atoms with Crippen molar-refractivity contribution in [2.45, 2.75) is 58.8 Å². The largest absolute Gasteiger partial charge is 0.464 e. The first-order valence-electron chi connectivity index (χ1n) is 5.83. The van der Waals surface area contributed by atoms with Crippen LogP contribution >= 0.6 is 0 Å². The molecule has 0 aliphatic rings. The van der Waals surface area contributed by atoms with E-state index in [0.29, 0.717) is 0 Å². The minimum atomic E-state index is -0.224. The minimum absolute atomic E-state index is 0.0372. The Morgan fingerprint density at radius 3 is 2.38 bits per heavy atom. The molecule has 1 heterocycles. The zero-order valence-corrected chi connectivity index (χ0v) is 10.9. The molecule has 0 saturated heterocycles. The molecule has 0 aliphatic heterocycles. The summed E-state index contributed by atoms with van der Waals surface area (Å²) in [4.78, 5) is 0.